The Morgan fingerprint density at radius 3 is 2.48 bits per heavy atom. The lowest BCUT2D eigenvalue weighted by atomic mass is 10.1. The second-order valence-electron chi connectivity index (χ2n) is 5.76. The second-order valence-corrected chi connectivity index (χ2v) is 5.76. The number of rotatable bonds is 7. The van der Waals surface area contributed by atoms with Crippen LogP contribution < -0.4 is 5.32 Å². The Kier molecular flexibility index (Phi) is 5.47. The fourth-order valence-corrected chi connectivity index (χ4v) is 2.03. The van der Waals surface area contributed by atoms with Crippen molar-refractivity contribution in [1.82, 2.24) is 25.2 Å². The molecular weight excluding hydrogens is 262 g/mol. The van der Waals surface area contributed by atoms with E-state index in [-0.39, 0.29) is 6.04 Å². The van der Waals surface area contributed by atoms with Crippen molar-refractivity contribution < 1.29 is 0 Å². The number of hydrogen-bond acceptors (Lipinski definition) is 4. The topological polar surface area (TPSA) is 46.0 Å². The monoisotopic (exact) mass is 287 g/mol. The summed E-state index contributed by atoms with van der Waals surface area (Å²) in [6.45, 7) is 6.88. The summed E-state index contributed by atoms with van der Waals surface area (Å²) >= 11 is 0. The SMILES string of the molecule is CC(C)n1nc(CNCCN(C)C)c(-c2ccccc2)n1. The van der Waals surface area contributed by atoms with Gasteiger partial charge in [0.2, 0.25) is 0 Å². The van der Waals surface area contributed by atoms with Gasteiger partial charge in [0.15, 0.2) is 0 Å². The van der Waals surface area contributed by atoms with Gasteiger partial charge in [0.25, 0.3) is 0 Å². The number of aromatic nitrogens is 3. The summed E-state index contributed by atoms with van der Waals surface area (Å²) in [6.07, 6.45) is 0. The summed E-state index contributed by atoms with van der Waals surface area (Å²) in [7, 11) is 4.15. The first-order chi connectivity index (χ1) is 10.1. The highest BCUT2D eigenvalue weighted by atomic mass is 15.5. The van der Waals surface area contributed by atoms with Crippen molar-refractivity contribution in [2.24, 2.45) is 0 Å². The highest BCUT2D eigenvalue weighted by Crippen LogP contribution is 2.21. The van der Waals surface area contributed by atoms with Crippen LogP contribution in [0.15, 0.2) is 30.3 Å². The third-order valence-corrected chi connectivity index (χ3v) is 3.24. The van der Waals surface area contributed by atoms with Gasteiger partial charge in [0.1, 0.15) is 11.4 Å². The normalized spacial score (nSPS) is 11.5. The molecule has 2 aromatic rings. The van der Waals surface area contributed by atoms with Gasteiger partial charge in [-0.15, -0.1) is 0 Å². The summed E-state index contributed by atoms with van der Waals surface area (Å²) in [5, 5.41) is 12.7. The Hall–Kier alpha value is -1.72. The van der Waals surface area contributed by atoms with Crippen LogP contribution in [0.4, 0.5) is 0 Å². The van der Waals surface area contributed by atoms with Gasteiger partial charge in [-0.25, -0.2) is 0 Å². The first-order valence-corrected chi connectivity index (χ1v) is 7.44. The number of nitrogens with zero attached hydrogens (tertiary/aromatic N) is 4. The van der Waals surface area contributed by atoms with Crippen LogP contribution in [0, 0.1) is 0 Å². The summed E-state index contributed by atoms with van der Waals surface area (Å²) in [4.78, 5) is 3.96. The molecule has 1 N–H and O–H groups in total. The average molecular weight is 287 g/mol. The van der Waals surface area contributed by atoms with Crippen LogP contribution in [0.25, 0.3) is 11.3 Å². The van der Waals surface area contributed by atoms with E-state index in [0.29, 0.717) is 0 Å². The second kappa shape index (κ2) is 7.33. The largest absolute Gasteiger partial charge is 0.310 e. The van der Waals surface area contributed by atoms with E-state index in [9.17, 15) is 0 Å². The molecule has 0 fully saturated rings. The summed E-state index contributed by atoms with van der Waals surface area (Å²) in [5.74, 6) is 0. The quantitative estimate of drug-likeness (QED) is 0.793. The van der Waals surface area contributed by atoms with Crippen LogP contribution in [0.3, 0.4) is 0 Å². The van der Waals surface area contributed by atoms with Crippen molar-refractivity contribution in [3.05, 3.63) is 36.0 Å². The molecule has 1 aromatic heterocycles. The van der Waals surface area contributed by atoms with Crippen LogP contribution in [0.1, 0.15) is 25.6 Å². The summed E-state index contributed by atoms with van der Waals surface area (Å²) < 4.78 is 0. The Balaban J connectivity index is 2.15. The minimum atomic E-state index is 0.267. The van der Waals surface area contributed by atoms with Gasteiger partial charge in [0, 0.05) is 25.2 Å². The Labute approximate surface area is 127 Å². The van der Waals surface area contributed by atoms with E-state index in [4.69, 9.17) is 0 Å². The lowest BCUT2D eigenvalue weighted by Crippen LogP contribution is -2.26. The van der Waals surface area contributed by atoms with E-state index in [1.807, 2.05) is 18.2 Å². The molecule has 0 aliphatic carbocycles. The van der Waals surface area contributed by atoms with Crippen molar-refractivity contribution in [2.45, 2.75) is 26.4 Å². The fraction of sp³-hybridized carbons (Fsp3) is 0.500. The number of likely N-dealkylation sites (N-methyl/N-ethyl adjacent to an activating group) is 1. The van der Waals surface area contributed by atoms with Crippen molar-refractivity contribution in [1.29, 1.82) is 0 Å². The molecule has 0 aliphatic rings. The Morgan fingerprint density at radius 1 is 1.14 bits per heavy atom. The first-order valence-electron chi connectivity index (χ1n) is 7.44. The predicted molar refractivity (Wildman–Crippen MR) is 86.1 cm³/mol. The third-order valence-electron chi connectivity index (χ3n) is 3.24. The maximum atomic E-state index is 4.65. The molecule has 21 heavy (non-hydrogen) atoms. The summed E-state index contributed by atoms with van der Waals surface area (Å²) in [5.41, 5.74) is 3.10. The number of nitrogens with one attached hydrogen (secondary N) is 1. The Bertz CT molecular complexity index is 545. The smallest absolute Gasteiger partial charge is 0.117 e. The van der Waals surface area contributed by atoms with Gasteiger partial charge in [-0.3, -0.25) is 0 Å². The van der Waals surface area contributed by atoms with Gasteiger partial charge in [0.05, 0.1) is 6.04 Å². The predicted octanol–water partition coefficient (Wildman–Crippen LogP) is 2.18. The molecular formula is C16H25N5. The zero-order valence-electron chi connectivity index (χ0n) is 13.4. The minimum Gasteiger partial charge on any atom is -0.310 e. The molecule has 0 amide bonds. The van der Waals surface area contributed by atoms with E-state index in [1.54, 1.807) is 4.80 Å². The molecule has 1 aromatic carbocycles. The first kappa shape index (κ1) is 15.7. The summed E-state index contributed by atoms with van der Waals surface area (Å²) in [6, 6.07) is 10.5. The van der Waals surface area contributed by atoms with Crippen LogP contribution >= 0.6 is 0 Å². The highest BCUT2D eigenvalue weighted by Gasteiger charge is 2.14. The van der Waals surface area contributed by atoms with E-state index in [0.717, 1.165) is 36.6 Å². The van der Waals surface area contributed by atoms with E-state index in [2.05, 4.69) is 60.5 Å². The molecule has 0 bridgehead atoms. The molecule has 0 radical (unpaired) electrons. The molecule has 0 atom stereocenters. The molecule has 0 spiro atoms. The van der Waals surface area contributed by atoms with Crippen molar-refractivity contribution in [3.63, 3.8) is 0 Å². The molecule has 0 aliphatic heterocycles. The van der Waals surface area contributed by atoms with Crippen molar-refractivity contribution >= 4 is 0 Å². The molecule has 5 heteroatoms. The molecule has 5 nitrogen and oxygen atoms in total. The van der Waals surface area contributed by atoms with E-state index >= 15 is 0 Å². The average Bonchev–Trinajstić information content (AvgIpc) is 2.89. The minimum absolute atomic E-state index is 0.267. The van der Waals surface area contributed by atoms with Gasteiger partial charge in [-0.1, -0.05) is 30.3 Å². The molecule has 1 heterocycles. The third kappa shape index (κ3) is 4.37. The maximum Gasteiger partial charge on any atom is 0.117 e. The van der Waals surface area contributed by atoms with Crippen LogP contribution in [0.5, 0.6) is 0 Å². The lowest BCUT2D eigenvalue weighted by Gasteiger charge is -2.09. The highest BCUT2D eigenvalue weighted by molar-refractivity contribution is 5.60. The molecule has 2 rings (SSSR count). The van der Waals surface area contributed by atoms with E-state index < -0.39 is 0 Å². The van der Waals surface area contributed by atoms with Crippen LogP contribution in [0.2, 0.25) is 0 Å². The zero-order valence-corrected chi connectivity index (χ0v) is 13.4. The standard InChI is InChI=1S/C16H25N5/c1-13(2)21-18-15(12-17-10-11-20(3)4)16(19-21)14-8-6-5-7-9-14/h5-9,13,17H,10-12H2,1-4H3. The molecule has 0 unspecified atom stereocenters. The molecule has 0 saturated carbocycles. The van der Waals surface area contributed by atoms with Gasteiger partial charge in [-0.2, -0.15) is 15.0 Å². The fourth-order valence-electron chi connectivity index (χ4n) is 2.03. The zero-order chi connectivity index (χ0) is 15.2. The van der Waals surface area contributed by atoms with Crippen LogP contribution in [-0.4, -0.2) is 47.1 Å². The lowest BCUT2D eigenvalue weighted by molar-refractivity contribution is 0.398. The molecule has 114 valence electrons. The number of benzene rings is 1. The van der Waals surface area contributed by atoms with E-state index in [1.165, 1.54) is 0 Å². The van der Waals surface area contributed by atoms with Crippen molar-refractivity contribution in [2.75, 3.05) is 27.2 Å². The van der Waals surface area contributed by atoms with Crippen molar-refractivity contribution in [3.8, 4) is 11.3 Å². The Morgan fingerprint density at radius 2 is 1.86 bits per heavy atom. The molecule has 0 saturated heterocycles. The van der Waals surface area contributed by atoms with Gasteiger partial charge < -0.3 is 10.2 Å². The van der Waals surface area contributed by atoms with Gasteiger partial charge in [-0.05, 0) is 27.9 Å². The number of hydrogen-bond donors (Lipinski definition) is 1. The van der Waals surface area contributed by atoms with Gasteiger partial charge >= 0.3 is 0 Å². The maximum absolute atomic E-state index is 4.65. The van der Waals surface area contributed by atoms with Crippen LogP contribution in [-0.2, 0) is 6.54 Å².